The topological polar surface area (TPSA) is 36.4 Å². The highest BCUT2D eigenvalue weighted by Gasteiger charge is 2.21. The summed E-state index contributed by atoms with van der Waals surface area (Å²) >= 11 is 2.01. The third kappa shape index (κ3) is 2.98. The van der Waals surface area contributed by atoms with Crippen LogP contribution in [0.4, 0.5) is 5.82 Å². The van der Waals surface area contributed by atoms with Crippen molar-refractivity contribution in [3.05, 3.63) is 23.4 Å². The zero-order valence-corrected chi connectivity index (χ0v) is 12.2. The molecule has 1 unspecified atom stereocenters. The summed E-state index contributed by atoms with van der Waals surface area (Å²) in [6.07, 6.45) is 1.23. The van der Waals surface area contributed by atoms with E-state index in [1.54, 1.807) is 0 Å². The van der Waals surface area contributed by atoms with Crippen molar-refractivity contribution in [2.45, 2.75) is 38.8 Å². The highest BCUT2D eigenvalue weighted by Crippen LogP contribution is 2.26. The number of aliphatic hydroxyl groups excluding tert-OH is 1. The van der Waals surface area contributed by atoms with Crippen LogP contribution in [0.1, 0.15) is 37.4 Å². The lowest BCUT2D eigenvalue weighted by Gasteiger charge is -2.26. The molecular weight excluding hydrogens is 244 g/mol. The van der Waals surface area contributed by atoms with Gasteiger partial charge in [0.25, 0.3) is 0 Å². The van der Waals surface area contributed by atoms with Crippen molar-refractivity contribution in [2.24, 2.45) is 0 Å². The predicted octanol–water partition coefficient (Wildman–Crippen LogP) is 2.64. The van der Waals surface area contributed by atoms with Crippen LogP contribution in [-0.2, 0) is 6.61 Å². The summed E-state index contributed by atoms with van der Waals surface area (Å²) in [5, 5.41) is 9.36. The largest absolute Gasteiger partial charge is 0.392 e. The van der Waals surface area contributed by atoms with E-state index in [4.69, 9.17) is 4.98 Å². The van der Waals surface area contributed by atoms with Gasteiger partial charge in [-0.3, -0.25) is 0 Å². The SMILES string of the molecule is CC(C)c1cc(CO)cc(N(C)C2CCSC2)n1. The zero-order chi connectivity index (χ0) is 13.1. The van der Waals surface area contributed by atoms with E-state index >= 15 is 0 Å². The molecule has 1 N–H and O–H groups in total. The zero-order valence-electron chi connectivity index (χ0n) is 11.4. The normalized spacial score (nSPS) is 19.5. The third-order valence-electron chi connectivity index (χ3n) is 3.48. The number of aromatic nitrogens is 1. The van der Waals surface area contributed by atoms with Crippen molar-refractivity contribution >= 4 is 17.6 Å². The number of anilines is 1. The predicted molar refractivity (Wildman–Crippen MR) is 78.4 cm³/mol. The molecule has 2 heterocycles. The first-order valence-electron chi connectivity index (χ1n) is 6.54. The minimum Gasteiger partial charge on any atom is -0.392 e. The summed E-state index contributed by atoms with van der Waals surface area (Å²) in [7, 11) is 2.12. The van der Waals surface area contributed by atoms with Crippen LogP contribution in [0.3, 0.4) is 0 Å². The van der Waals surface area contributed by atoms with Crippen LogP contribution < -0.4 is 4.90 Å². The summed E-state index contributed by atoms with van der Waals surface area (Å²) in [6, 6.07) is 4.59. The van der Waals surface area contributed by atoms with E-state index in [0.717, 1.165) is 17.1 Å². The minimum absolute atomic E-state index is 0.0858. The van der Waals surface area contributed by atoms with E-state index in [2.05, 4.69) is 25.8 Å². The number of hydrogen-bond donors (Lipinski definition) is 1. The van der Waals surface area contributed by atoms with Crippen LogP contribution in [0, 0.1) is 0 Å². The number of rotatable bonds is 4. The minimum atomic E-state index is 0.0858. The van der Waals surface area contributed by atoms with E-state index < -0.39 is 0 Å². The van der Waals surface area contributed by atoms with Gasteiger partial charge in [0.2, 0.25) is 0 Å². The van der Waals surface area contributed by atoms with Crippen LogP contribution in [0.25, 0.3) is 0 Å². The Morgan fingerprint density at radius 2 is 2.28 bits per heavy atom. The van der Waals surface area contributed by atoms with Gasteiger partial charge in [-0.25, -0.2) is 4.98 Å². The van der Waals surface area contributed by atoms with Crippen molar-refractivity contribution in [3.8, 4) is 0 Å². The fourth-order valence-electron chi connectivity index (χ4n) is 2.18. The van der Waals surface area contributed by atoms with Crippen molar-refractivity contribution in [1.29, 1.82) is 0 Å². The van der Waals surface area contributed by atoms with Gasteiger partial charge < -0.3 is 10.0 Å². The monoisotopic (exact) mass is 266 g/mol. The lowest BCUT2D eigenvalue weighted by Crippen LogP contribution is -2.32. The molecule has 0 spiro atoms. The second kappa shape index (κ2) is 5.93. The van der Waals surface area contributed by atoms with Crippen LogP contribution in [0.5, 0.6) is 0 Å². The van der Waals surface area contributed by atoms with E-state index in [0.29, 0.717) is 12.0 Å². The van der Waals surface area contributed by atoms with Crippen molar-refractivity contribution < 1.29 is 5.11 Å². The van der Waals surface area contributed by atoms with Crippen molar-refractivity contribution in [1.82, 2.24) is 4.98 Å². The van der Waals surface area contributed by atoms with Gasteiger partial charge in [-0.15, -0.1) is 0 Å². The van der Waals surface area contributed by atoms with Gasteiger partial charge >= 0.3 is 0 Å². The van der Waals surface area contributed by atoms with Crippen LogP contribution >= 0.6 is 11.8 Å². The molecule has 1 atom stereocenters. The van der Waals surface area contributed by atoms with E-state index in [-0.39, 0.29) is 6.61 Å². The van der Waals surface area contributed by atoms with Gasteiger partial charge in [-0.05, 0) is 35.8 Å². The molecule has 18 heavy (non-hydrogen) atoms. The van der Waals surface area contributed by atoms with Gasteiger partial charge in [0.15, 0.2) is 0 Å². The number of aliphatic hydroxyl groups is 1. The summed E-state index contributed by atoms with van der Waals surface area (Å²) in [6.45, 7) is 4.36. The fourth-order valence-corrected chi connectivity index (χ4v) is 3.44. The second-order valence-electron chi connectivity index (χ2n) is 5.20. The summed E-state index contributed by atoms with van der Waals surface area (Å²) < 4.78 is 0. The average molecular weight is 266 g/mol. The van der Waals surface area contributed by atoms with E-state index in [1.165, 1.54) is 17.9 Å². The number of thioether (sulfide) groups is 1. The maximum Gasteiger partial charge on any atom is 0.129 e. The highest BCUT2D eigenvalue weighted by molar-refractivity contribution is 7.99. The fraction of sp³-hybridized carbons (Fsp3) is 0.643. The molecule has 4 heteroatoms. The molecular formula is C14H22N2OS. The standard InChI is InChI=1S/C14H22N2OS/c1-10(2)13-6-11(8-17)7-14(15-13)16(3)12-4-5-18-9-12/h6-7,10,12,17H,4-5,8-9H2,1-3H3. The Bertz CT molecular complexity index is 403. The highest BCUT2D eigenvalue weighted by atomic mass is 32.2. The van der Waals surface area contributed by atoms with Crippen molar-refractivity contribution in [2.75, 3.05) is 23.5 Å². The first-order chi connectivity index (χ1) is 8.61. The van der Waals surface area contributed by atoms with Gasteiger partial charge in [0, 0.05) is 24.5 Å². The Morgan fingerprint density at radius 3 is 2.83 bits per heavy atom. The summed E-state index contributed by atoms with van der Waals surface area (Å²) in [4.78, 5) is 7.00. The smallest absolute Gasteiger partial charge is 0.129 e. The molecule has 0 amide bonds. The first-order valence-corrected chi connectivity index (χ1v) is 7.69. The molecule has 1 saturated heterocycles. The number of pyridine rings is 1. The molecule has 0 radical (unpaired) electrons. The molecule has 0 aromatic carbocycles. The molecule has 1 aromatic heterocycles. The van der Waals surface area contributed by atoms with E-state index in [9.17, 15) is 5.11 Å². The Labute approximate surface area is 114 Å². The van der Waals surface area contributed by atoms with E-state index in [1.807, 2.05) is 23.9 Å². The average Bonchev–Trinajstić information content (AvgIpc) is 2.91. The summed E-state index contributed by atoms with van der Waals surface area (Å²) in [5.41, 5.74) is 2.02. The Kier molecular flexibility index (Phi) is 4.51. The Morgan fingerprint density at radius 1 is 1.50 bits per heavy atom. The number of hydrogen-bond acceptors (Lipinski definition) is 4. The first kappa shape index (κ1) is 13.7. The molecule has 1 aliphatic heterocycles. The quantitative estimate of drug-likeness (QED) is 0.909. The lowest BCUT2D eigenvalue weighted by atomic mass is 10.1. The molecule has 0 bridgehead atoms. The van der Waals surface area contributed by atoms with Gasteiger partial charge in [-0.1, -0.05) is 13.8 Å². The molecule has 100 valence electrons. The van der Waals surface area contributed by atoms with Crippen molar-refractivity contribution in [3.63, 3.8) is 0 Å². The van der Waals surface area contributed by atoms with Gasteiger partial charge in [-0.2, -0.15) is 11.8 Å². The molecule has 1 aromatic rings. The lowest BCUT2D eigenvalue weighted by molar-refractivity contribution is 0.281. The molecule has 0 aliphatic carbocycles. The van der Waals surface area contributed by atoms with Gasteiger partial charge in [0.05, 0.1) is 6.61 Å². The Hall–Kier alpha value is -0.740. The molecule has 1 fully saturated rings. The maximum atomic E-state index is 9.36. The third-order valence-corrected chi connectivity index (χ3v) is 4.63. The second-order valence-corrected chi connectivity index (χ2v) is 6.35. The Balaban J connectivity index is 2.27. The maximum absolute atomic E-state index is 9.36. The number of nitrogens with zero attached hydrogens (tertiary/aromatic N) is 2. The molecule has 0 saturated carbocycles. The van der Waals surface area contributed by atoms with Crippen LogP contribution in [0.15, 0.2) is 12.1 Å². The summed E-state index contributed by atoms with van der Waals surface area (Å²) in [5.74, 6) is 3.81. The molecule has 3 nitrogen and oxygen atoms in total. The van der Waals surface area contributed by atoms with Gasteiger partial charge in [0.1, 0.15) is 5.82 Å². The van der Waals surface area contributed by atoms with Crippen LogP contribution in [0.2, 0.25) is 0 Å². The molecule has 2 rings (SSSR count). The van der Waals surface area contributed by atoms with Crippen LogP contribution in [-0.4, -0.2) is 34.7 Å². The molecule has 1 aliphatic rings.